The number of methoxy groups -OCH3 is 1. The molecule has 8 nitrogen and oxygen atoms in total. The van der Waals surface area contributed by atoms with Crippen LogP contribution in [0.4, 0.5) is 5.82 Å². The third kappa shape index (κ3) is 2.72. The fraction of sp³-hybridized carbons (Fsp3) is 0.300. The number of nitrogen functional groups attached to an aromatic ring is 1. The maximum absolute atomic E-state index is 11.6. The summed E-state index contributed by atoms with van der Waals surface area (Å²) in [6, 6.07) is 6.35. The molecule has 0 spiro atoms. The van der Waals surface area contributed by atoms with Crippen molar-refractivity contribution in [3.8, 4) is 16.3 Å². The molecule has 0 atom stereocenters. The summed E-state index contributed by atoms with van der Waals surface area (Å²) in [6.07, 6.45) is 1.46. The molecule has 1 aliphatic rings. The van der Waals surface area contributed by atoms with Crippen LogP contribution in [-0.4, -0.2) is 50.8 Å². The van der Waals surface area contributed by atoms with Gasteiger partial charge < -0.3 is 15.4 Å². The molecule has 5 rings (SSSR count). The Morgan fingerprint density at radius 1 is 1.28 bits per heavy atom. The molecule has 1 aromatic carbocycles. The molecular formula is C20H20N6O2S. The first-order valence-corrected chi connectivity index (χ1v) is 10.1. The van der Waals surface area contributed by atoms with Crippen LogP contribution >= 0.6 is 11.3 Å². The highest BCUT2D eigenvalue weighted by Crippen LogP contribution is 2.42. The smallest absolute Gasteiger partial charge is 0.219 e. The second-order valence-corrected chi connectivity index (χ2v) is 8.38. The van der Waals surface area contributed by atoms with Crippen LogP contribution in [0.2, 0.25) is 0 Å². The van der Waals surface area contributed by atoms with Gasteiger partial charge in [-0.2, -0.15) is 5.10 Å². The number of hydrogen-bond donors (Lipinski definition) is 1. The highest BCUT2D eigenvalue weighted by atomic mass is 32.1. The van der Waals surface area contributed by atoms with E-state index in [0.29, 0.717) is 24.6 Å². The van der Waals surface area contributed by atoms with E-state index in [0.717, 1.165) is 37.4 Å². The molecule has 0 bridgehead atoms. The van der Waals surface area contributed by atoms with Crippen LogP contribution in [0.5, 0.6) is 5.75 Å². The lowest BCUT2D eigenvalue weighted by atomic mass is 10.1. The van der Waals surface area contributed by atoms with E-state index in [2.05, 4.69) is 22.1 Å². The summed E-state index contributed by atoms with van der Waals surface area (Å²) in [6.45, 7) is 4.87. The largest absolute Gasteiger partial charge is 0.495 e. The maximum Gasteiger partial charge on any atom is 0.219 e. The number of aryl methyl sites for hydroxylation is 1. The van der Waals surface area contributed by atoms with Gasteiger partial charge in [0.15, 0.2) is 5.65 Å². The molecule has 148 valence electrons. The number of likely N-dealkylation sites (tertiary alicyclic amines) is 1. The van der Waals surface area contributed by atoms with E-state index in [-0.39, 0.29) is 11.9 Å². The normalized spacial score (nSPS) is 14.5. The summed E-state index contributed by atoms with van der Waals surface area (Å²) in [5, 5.41) is 6.72. The van der Waals surface area contributed by atoms with E-state index in [1.54, 1.807) is 30.3 Å². The van der Waals surface area contributed by atoms with Crippen molar-refractivity contribution in [3.05, 3.63) is 30.1 Å². The van der Waals surface area contributed by atoms with Crippen LogP contribution in [0.1, 0.15) is 18.5 Å². The number of carbonyl (C=O) groups is 1. The Kier molecular flexibility index (Phi) is 3.95. The Bertz CT molecular complexity index is 1270. The molecule has 9 heteroatoms. The molecule has 1 aliphatic heterocycles. The van der Waals surface area contributed by atoms with Gasteiger partial charge in [0.1, 0.15) is 23.6 Å². The van der Waals surface area contributed by atoms with Crippen LogP contribution in [0.15, 0.2) is 24.5 Å². The van der Waals surface area contributed by atoms with Gasteiger partial charge in [-0.3, -0.25) is 4.79 Å². The topological polar surface area (TPSA) is 99.2 Å². The van der Waals surface area contributed by atoms with Crippen molar-refractivity contribution in [2.45, 2.75) is 19.9 Å². The average molecular weight is 408 g/mol. The minimum Gasteiger partial charge on any atom is -0.495 e. The fourth-order valence-corrected chi connectivity index (χ4v) is 4.95. The first kappa shape index (κ1) is 17.9. The summed E-state index contributed by atoms with van der Waals surface area (Å²) >= 11 is 1.61. The van der Waals surface area contributed by atoms with Gasteiger partial charge in [-0.25, -0.2) is 14.6 Å². The van der Waals surface area contributed by atoms with Crippen LogP contribution in [0.3, 0.4) is 0 Å². The van der Waals surface area contributed by atoms with E-state index in [4.69, 9.17) is 15.6 Å². The second-order valence-electron chi connectivity index (χ2n) is 7.32. The van der Waals surface area contributed by atoms with Crippen LogP contribution in [0.25, 0.3) is 31.7 Å². The van der Waals surface area contributed by atoms with Gasteiger partial charge in [0.2, 0.25) is 5.91 Å². The van der Waals surface area contributed by atoms with Crippen molar-refractivity contribution in [1.29, 1.82) is 0 Å². The van der Waals surface area contributed by atoms with Gasteiger partial charge in [-0.05, 0) is 30.0 Å². The molecule has 1 fully saturated rings. The van der Waals surface area contributed by atoms with Gasteiger partial charge in [0.25, 0.3) is 0 Å². The molecule has 2 N–H and O–H groups in total. The monoisotopic (exact) mass is 408 g/mol. The Morgan fingerprint density at radius 3 is 2.79 bits per heavy atom. The number of hydrogen-bond acceptors (Lipinski definition) is 7. The number of carbonyl (C=O) groups excluding carboxylic acids is 1. The van der Waals surface area contributed by atoms with Gasteiger partial charge in [0.05, 0.1) is 28.1 Å². The minimum atomic E-state index is 0.0686. The van der Waals surface area contributed by atoms with Crippen molar-refractivity contribution < 1.29 is 9.53 Å². The number of amides is 1. The molecule has 3 aromatic heterocycles. The number of rotatable bonds is 3. The number of benzene rings is 1. The van der Waals surface area contributed by atoms with Crippen LogP contribution in [-0.2, 0) is 4.79 Å². The highest BCUT2D eigenvalue weighted by Gasteiger charge is 2.33. The average Bonchev–Trinajstić information content (AvgIpc) is 3.22. The zero-order chi connectivity index (χ0) is 20.3. The molecule has 1 saturated heterocycles. The first-order valence-electron chi connectivity index (χ1n) is 9.29. The Morgan fingerprint density at radius 2 is 2.07 bits per heavy atom. The molecule has 29 heavy (non-hydrogen) atoms. The Balaban J connectivity index is 1.68. The van der Waals surface area contributed by atoms with E-state index in [1.807, 2.05) is 17.7 Å². The first-order chi connectivity index (χ1) is 14.0. The SMILES string of the molecule is COc1cc(C)cc2cc(-c3nn(C4CN(C(C)=O)C4)c4ncnc(N)c34)sc12. The molecule has 0 saturated carbocycles. The number of ether oxygens (including phenoxy) is 1. The third-order valence-electron chi connectivity index (χ3n) is 5.35. The summed E-state index contributed by atoms with van der Waals surface area (Å²) in [5.74, 6) is 1.32. The number of aromatic nitrogens is 4. The lowest BCUT2D eigenvalue weighted by Gasteiger charge is -2.38. The standard InChI is InChI=1S/C20H20N6O2S/c1-10-4-12-6-15(29-18(12)14(5-10)28-3)17-16-19(21)22-9-23-20(16)26(24-17)13-7-25(8-13)11(2)27/h4-6,9,13H,7-8H2,1-3H3,(H2,21,22,23). The molecular weight excluding hydrogens is 388 g/mol. The predicted molar refractivity (Wildman–Crippen MR) is 113 cm³/mol. The van der Waals surface area contributed by atoms with Gasteiger partial charge in [0, 0.05) is 20.0 Å². The maximum atomic E-state index is 11.6. The molecule has 1 amide bonds. The lowest BCUT2D eigenvalue weighted by Crippen LogP contribution is -2.50. The Hall–Kier alpha value is -3.20. The fourth-order valence-electron chi connectivity index (χ4n) is 3.82. The van der Waals surface area contributed by atoms with Crippen molar-refractivity contribution >= 4 is 44.2 Å². The van der Waals surface area contributed by atoms with E-state index >= 15 is 0 Å². The van der Waals surface area contributed by atoms with E-state index in [1.165, 1.54) is 6.33 Å². The van der Waals surface area contributed by atoms with E-state index < -0.39 is 0 Å². The van der Waals surface area contributed by atoms with Crippen molar-refractivity contribution in [2.75, 3.05) is 25.9 Å². The highest BCUT2D eigenvalue weighted by molar-refractivity contribution is 7.22. The van der Waals surface area contributed by atoms with Gasteiger partial charge >= 0.3 is 0 Å². The minimum absolute atomic E-state index is 0.0686. The predicted octanol–water partition coefficient (Wildman–Crippen LogP) is 3.01. The van der Waals surface area contributed by atoms with Gasteiger partial charge in [-0.15, -0.1) is 11.3 Å². The number of nitrogens with two attached hydrogens (primary N) is 1. The van der Waals surface area contributed by atoms with Gasteiger partial charge in [-0.1, -0.05) is 6.07 Å². The summed E-state index contributed by atoms with van der Waals surface area (Å²) in [5.41, 5.74) is 8.82. The van der Waals surface area contributed by atoms with Crippen molar-refractivity contribution in [1.82, 2.24) is 24.6 Å². The summed E-state index contributed by atoms with van der Waals surface area (Å²) in [7, 11) is 1.68. The number of nitrogens with zero attached hydrogens (tertiary/aromatic N) is 5. The van der Waals surface area contributed by atoms with Crippen molar-refractivity contribution in [2.24, 2.45) is 0 Å². The van der Waals surface area contributed by atoms with Crippen LogP contribution in [0, 0.1) is 6.92 Å². The quantitative estimate of drug-likeness (QED) is 0.559. The number of anilines is 1. The molecule has 4 aromatic rings. The number of fused-ring (bicyclic) bond motifs is 2. The summed E-state index contributed by atoms with van der Waals surface area (Å²) in [4.78, 5) is 23.0. The third-order valence-corrected chi connectivity index (χ3v) is 6.52. The Labute approximate surface area is 170 Å². The van der Waals surface area contributed by atoms with Crippen LogP contribution < -0.4 is 10.5 Å². The lowest BCUT2D eigenvalue weighted by molar-refractivity contribution is -0.134. The van der Waals surface area contributed by atoms with E-state index in [9.17, 15) is 4.79 Å². The second kappa shape index (κ2) is 6.41. The zero-order valence-corrected chi connectivity index (χ0v) is 17.2. The number of thiophene rings is 1. The molecule has 0 radical (unpaired) electrons. The molecule has 4 heterocycles. The molecule has 0 unspecified atom stereocenters. The zero-order valence-electron chi connectivity index (χ0n) is 16.3. The summed E-state index contributed by atoms with van der Waals surface area (Å²) < 4.78 is 8.52. The van der Waals surface area contributed by atoms with Crippen molar-refractivity contribution in [3.63, 3.8) is 0 Å². The molecule has 0 aliphatic carbocycles.